The van der Waals surface area contributed by atoms with Crippen molar-refractivity contribution in [3.63, 3.8) is 0 Å². The maximum absolute atomic E-state index is 10.4. The van der Waals surface area contributed by atoms with Crippen LogP contribution in [0.25, 0.3) is 0 Å². The molecule has 0 aliphatic heterocycles. The van der Waals surface area contributed by atoms with E-state index in [0.717, 1.165) is 12.8 Å². The number of carbonyl (C=O) groups excluding carboxylic acids is 1. The molecule has 51 valence electrons. The van der Waals surface area contributed by atoms with Crippen LogP contribution in [0, 0.1) is 6.42 Å². The van der Waals surface area contributed by atoms with Gasteiger partial charge in [-0.1, -0.05) is 6.08 Å². The molecule has 0 aliphatic rings. The predicted octanol–water partition coefficient (Wildman–Crippen LogP) is 2.14. The molecule has 0 aromatic heterocycles. The number of carbonyl (C=O) groups is 1. The fourth-order valence-electron chi connectivity index (χ4n) is 0.541. The molecular formula is C8H13O. The summed E-state index contributed by atoms with van der Waals surface area (Å²) in [5, 5.41) is 0. The minimum absolute atomic E-state index is 0.260. The van der Waals surface area contributed by atoms with Crippen molar-refractivity contribution in [2.45, 2.75) is 26.2 Å². The first kappa shape index (κ1) is 8.41. The van der Waals surface area contributed by atoms with Crippen molar-refractivity contribution in [3.05, 3.63) is 19.1 Å². The first-order valence-corrected chi connectivity index (χ1v) is 3.19. The van der Waals surface area contributed by atoms with Crippen LogP contribution in [-0.4, -0.2) is 5.78 Å². The van der Waals surface area contributed by atoms with Crippen molar-refractivity contribution in [1.82, 2.24) is 0 Å². The number of rotatable bonds is 5. The average Bonchev–Trinajstić information content (AvgIpc) is 1.80. The molecule has 1 nitrogen and oxygen atoms in total. The molecule has 0 N–H and O–H groups in total. The van der Waals surface area contributed by atoms with Gasteiger partial charge in [0.2, 0.25) is 0 Å². The molecule has 1 heteroatoms. The van der Waals surface area contributed by atoms with Crippen molar-refractivity contribution in [2.24, 2.45) is 0 Å². The van der Waals surface area contributed by atoms with Gasteiger partial charge in [0.15, 0.2) is 0 Å². The van der Waals surface area contributed by atoms with Gasteiger partial charge >= 0.3 is 0 Å². The Bertz CT molecular complexity index is 94.7. The summed E-state index contributed by atoms with van der Waals surface area (Å²) < 4.78 is 0. The molecule has 1 radical (unpaired) electrons. The van der Waals surface area contributed by atoms with Gasteiger partial charge in [0, 0.05) is 6.42 Å². The summed E-state index contributed by atoms with van der Waals surface area (Å²) in [4.78, 5) is 10.4. The summed E-state index contributed by atoms with van der Waals surface area (Å²) in [7, 11) is 0. The second-order valence-electron chi connectivity index (χ2n) is 2.05. The first-order valence-electron chi connectivity index (χ1n) is 3.19. The molecule has 0 saturated carbocycles. The van der Waals surface area contributed by atoms with Gasteiger partial charge in [0.05, 0.1) is 0 Å². The van der Waals surface area contributed by atoms with Crippen molar-refractivity contribution in [3.8, 4) is 0 Å². The summed E-state index contributed by atoms with van der Waals surface area (Å²) in [6, 6.07) is 0. The zero-order valence-electron chi connectivity index (χ0n) is 5.89. The molecule has 0 aliphatic carbocycles. The molecule has 0 bridgehead atoms. The Labute approximate surface area is 56.8 Å². The van der Waals surface area contributed by atoms with Gasteiger partial charge in [-0.25, -0.2) is 0 Å². The third kappa shape index (κ3) is 7.41. The minimum atomic E-state index is 0.260. The fourth-order valence-corrected chi connectivity index (χ4v) is 0.541. The second kappa shape index (κ2) is 5.54. The van der Waals surface area contributed by atoms with Crippen molar-refractivity contribution in [2.75, 3.05) is 0 Å². The van der Waals surface area contributed by atoms with Crippen molar-refractivity contribution in [1.29, 1.82) is 0 Å². The lowest BCUT2D eigenvalue weighted by Crippen LogP contribution is -1.88. The van der Waals surface area contributed by atoms with Gasteiger partial charge in [0.1, 0.15) is 5.78 Å². The standard InChI is InChI=1S/C8H13O/c1-3-4-5-6-7-8(2)9/h3,5H,1,4,6-7H2,2H3. The highest BCUT2D eigenvalue weighted by Gasteiger charge is 1.90. The van der Waals surface area contributed by atoms with Gasteiger partial charge in [0.25, 0.3) is 0 Å². The van der Waals surface area contributed by atoms with Crippen LogP contribution < -0.4 is 0 Å². The van der Waals surface area contributed by atoms with Crippen LogP contribution >= 0.6 is 0 Å². The molecule has 0 aromatic rings. The van der Waals surface area contributed by atoms with Gasteiger partial charge in [-0.15, -0.1) is 6.58 Å². The number of unbranched alkanes of at least 4 members (excludes halogenated alkanes) is 2. The maximum Gasteiger partial charge on any atom is 0.129 e. The van der Waals surface area contributed by atoms with E-state index in [0.29, 0.717) is 6.42 Å². The Hall–Kier alpha value is -0.590. The van der Waals surface area contributed by atoms with E-state index in [9.17, 15) is 4.79 Å². The van der Waals surface area contributed by atoms with E-state index in [-0.39, 0.29) is 5.78 Å². The highest BCUT2D eigenvalue weighted by molar-refractivity contribution is 5.75. The lowest BCUT2D eigenvalue weighted by molar-refractivity contribution is -0.116. The molecule has 0 amide bonds. The third-order valence-electron chi connectivity index (χ3n) is 1.03. The van der Waals surface area contributed by atoms with E-state index in [1.807, 2.05) is 6.08 Å². The topological polar surface area (TPSA) is 17.1 Å². The molecule has 9 heavy (non-hydrogen) atoms. The fraction of sp³-hybridized carbons (Fsp3) is 0.500. The number of hydrogen-bond acceptors (Lipinski definition) is 1. The Morgan fingerprint density at radius 3 is 2.78 bits per heavy atom. The largest absolute Gasteiger partial charge is 0.300 e. The SMILES string of the molecule is C=CC[CH]CCC(C)=O. The summed E-state index contributed by atoms with van der Waals surface area (Å²) in [5.41, 5.74) is 0. The van der Waals surface area contributed by atoms with Gasteiger partial charge in [-0.05, 0) is 26.2 Å². The molecule has 0 spiro atoms. The van der Waals surface area contributed by atoms with Crippen molar-refractivity contribution < 1.29 is 4.79 Å². The Morgan fingerprint density at radius 2 is 2.33 bits per heavy atom. The molecule has 0 unspecified atom stereocenters. The number of Topliss-reactive ketones (excluding diaryl/α,β-unsaturated/α-hetero) is 1. The van der Waals surface area contributed by atoms with Crippen LogP contribution in [-0.2, 0) is 4.79 Å². The van der Waals surface area contributed by atoms with E-state index < -0.39 is 0 Å². The van der Waals surface area contributed by atoms with E-state index in [4.69, 9.17) is 0 Å². The first-order chi connectivity index (χ1) is 4.27. The smallest absolute Gasteiger partial charge is 0.129 e. The maximum atomic E-state index is 10.4. The molecule has 0 atom stereocenters. The minimum Gasteiger partial charge on any atom is -0.300 e. The second-order valence-corrected chi connectivity index (χ2v) is 2.05. The summed E-state index contributed by atoms with van der Waals surface area (Å²) in [6.07, 6.45) is 6.37. The zero-order chi connectivity index (χ0) is 7.11. The number of ketones is 1. The normalized spacial score (nSPS) is 9.00. The number of hydrogen-bond donors (Lipinski definition) is 0. The van der Waals surface area contributed by atoms with E-state index in [1.165, 1.54) is 0 Å². The molecule has 0 rings (SSSR count). The van der Waals surface area contributed by atoms with Crippen molar-refractivity contribution >= 4 is 5.78 Å². The quantitative estimate of drug-likeness (QED) is 0.406. The Kier molecular flexibility index (Phi) is 5.18. The highest BCUT2D eigenvalue weighted by atomic mass is 16.1. The lowest BCUT2D eigenvalue weighted by Gasteiger charge is -1.91. The highest BCUT2D eigenvalue weighted by Crippen LogP contribution is 1.98. The summed E-state index contributed by atoms with van der Waals surface area (Å²) in [6.45, 7) is 5.17. The predicted molar refractivity (Wildman–Crippen MR) is 39.0 cm³/mol. The molecule has 0 fully saturated rings. The average molecular weight is 125 g/mol. The van der Waals surface area contributed by atoms with Gasteiger partial charge in [-0.2, -0.15) is 0 Å². The molecular weight excluding hydrogens is 112 g/mol. The zero-order valence-corrected chi connectivity index (χ0v) is 5.89. The molecule has 0 saturated heterocycles. The Morgan fingerprint density at radius 1 is 1.67 bits per heavy atom. The lowest BCUT2D eigenvalue weighted by atomic mass is 10.1. The van der Waals surface area contributed by atoms with Crippen LogP contribution in [0.1, 0.15) is 26.2 Å². The summed E-state index contributed by atoms with van der Waals surface area (Å²) in [5.74, 6) is 0.260. The third-order valence-corrected chi connectivity index (χ3v) is 1.03. The van der Waals surface area contributed by atoms with E-state index in [1.54, 1.807) is 6.92 Å². The summed E-state index contributed by atoms with van der Waals surface area (Å²) >= 11 is 0. The molecule has 0 aromatic carbocycles. The van der Waals surface area contributed by atoms with Crippen LogP contribution in [0.4, 0.5) is 0 Å². The van der Waals surface area contributed by atoms with Gasteiger partial charge < -0.3 is 4.79 Å². The Balaban J connectivity index is 2.91. The molecule has 0 heterocycles. The monoisotopic (exact) mass is 125 g/mol. The van der Waals surface area contributed by atoms with Crippen LogP contribution in [0.3, 0.4) is 0 Å². The van der Waals surface area contributed by atoms with Gasteiger partial charge in [-0.3, -0.25) is 0 Å². The van der Waals surface area contributed by atoms with E-state index >= 15 is 0 Å². The number of allylic oxidation sites excluding steroid dienone is 1. The van der Waals surface area contributed by atoms with E-state index in [2.05, 4.69) is 13.0 Å². The van der Waals surface area contributed by atoms with Crippen LogP contribution in [0.15, 0.2) is 12.7 Å². The van der Waals surface area contributed by atoms with Crippen LogP contribution in [0.2, 0.25) is 0 Å². The van der Waals surface area contributed by atoms with Crippen LogP contribution in [0.5, 0.6) is 0 Å².